The summed E-state index contributed by atoms with van der Waals surface area (Å²) in [7, 11) is 0. The Labute approximate surface area is 97.2 Å². The van der Waals surface area contributed by atoms with Gasteiger partial charge in [-0.3, -0.25) is 9.58 Å². The lowest BCUT2D eigenvalue weighted by atomic mass is 10.1. The van der Waals surface area contributed by atoms with Crippen LogP contribution in [0.25, 0.3) is 0 Å². The second-order valence-corrected chi connectivity index (χ2v) is 5.16. The summed E-state index contributed by atoms with van der Waals surface area (Å²) >= 11 is 0. The van der Waals surface area contributed by atoms with Crippen molar-refractivity contribution >= 4 is 0 Å². The fourth-order valence-electron chi connectivity index (χ4n) is 2.12. The second kappa shape index (κ2) is 4.55. The number of nitrogens with zero attached hydrogens (tertiary/aromatic N) is 3. The van der Waals surface area contributed by atoms with Crippen LogP contribution >= 0.6 is 0 Å². The summed E-state index contributed by atoms with van der Waals surface area (Å²) in [4.78, 5) is 2.44. The highest BCUT2D eigenvalue weighted by Crippen LogP contribution is 2.17. The molecule has 4 heteroatoms. The van der Waals surface area contributed by atoms with Gasteiger partial charge in [0.15, 0.2) is 0 Å². The minimum atomic E-state index is 0.0472. The number of hydrogen-bond acceptors (Lipinski definition) is 3. The Bertz CT molecular complexity index is 340. The van der Waals surface area contributed by atoms with E-state index in [1.54, 1.807) is 0 Å². The Morgan fingerprint density at radius 1 is 1.38 bits per heavy atom. The fraction of sp³-hybridized carbons (Fsp3) is 0.750. The van der Waals surface area contributed by atoms with E-state index in [9.17, 15) is 0 Å². The molecule has 0 N–H and O–H groups in total. The standard InChI is InChI=1S/C12H21N3O/c1-11-8-13-15(9-11)12(2,3)10-14-4-6-16-7-5-14/h8-9H,4-7,10H2,1-3H3. The third-order valence-corrected chi connectivity index (χ3v) is 3.05. The van der Waals surface area contributed by atoms with E-state index in [0.717, 1.165) is 32.8 Å². The van der Waals surface area contributed by atoms with Crippen LogP contribution in [0.5, 0.6) is 0 Å². The van der Waals surface area contributed by atoms with Crippen molar-refractivity contribution in [2.45, 2.75) is 26.3 Å². The first-order chi connectivity index (χ1) is 7.58. The summed E-state index contributed by atoms with van der Waals surface area (Å²) in [6.07, 6.45) is 4.03. The SMILES string of the molecule is Cc1cnn(C(C)(C)CN2CCOCC2)c1. The van der Waals surface area contributed by atoms with Gasteiger partial charge in [0, 0.05) is 25.8 Å². The zero-order valence-corrected chi connectivity index (χ0v) is 10.4. The van der Waals surface area contributed by atoms with Gasteiger partial charge in [0.2, 0.25) is 0 Å². The molecule has 0 radical (unpaired) electrons. The predicted octanol–water partition coefficient (Wildman–Crippen LogP) is 1.26. The summed E-state index contributed by atoms with van der Waals surface area (Å²) in [5, 5.41) is 4.41. The number of hydrogen-bond donors (Lipinski definition) is 0. The van der Waals surface area contributed by atoms with Crippen LogP contribution in [-0.2, 0) is 10.3 Å². The Hall–Kier alpha value is -0.870. The topological polar surface area (TPSA) is 30.3 Å². The first-order valence-corrected chi connectivity index (χ1v) is 5.90. The lowest BCUT2D eigenvalue weighted by molar-refractivity contribution is 0.0213. The summed E-state index contributed by atoms with van der Waals surface area (Å²) in [5.41, 5.74) is 1.26. The van der Waals surface area contributed by atoms with Gasteiger partial charge in [0.25, 0.3) is 0 Å². The zero-order chi connectivity index (χ0) is 11.6. The molecule has 1 saturated heterocycles. The molecule has 16 heavy (non-hydrogen) atoms. The number of ether oxygens (including phenoxy) is 1. The molecule has 90 valence electrons. The molecule has 0 aliphatic carbocycles. The molecule has 2 rings (SSSR count). The molecule has 1 aliphatic heterocycles. The molecule has 0 unspecified atom stereocenters. The largest absolute Gasteiger partial charge is 0.379 e. The van der Waals surface area contributed by atoms with Crippen LogP contribution in [0.3, 0.4) is 0 Å². The molecule has 1 aromatic rings. The number of rotatable bonds is 3. The average molecular weight is 223 g/mol. The van der Waals surface area contributed by atoms with Gasteiger partial charge in [-0.25, -0.2) is 0 Å². The number of aryl methyl sites for hydroxylation is 1. The molecule has 1 fully saturated rings. The maximum atomic E-state index is 5.36. The van der Waals surface area contributed by atoms with Gasteiger partial charge in [-0.1, -0.05) is 0 Å². The molecule has 4 nitrogen and oxygen atoms in total. The third-order valence-electron chi connectivity index (χ3n) is 3.05. The predicted molar refractivity (Wildman–Crippen MR) is 63.5 cm³/mol. The Kier molecular flexibility index (Phi) is 3.30. The van der Waals surface area contributed by atoms with Crippen molar-refractivity contribution in [2.24, 2.45) is 0 Å². The molecule has 0 saturated carbocycles. The van der Waals surface area contributed by atoms with Crippen LogP contribution in [0.2, 0.25) is 0 Å². The number of aromatic nitrogens is 2. The monoisotopic (exact) mass is 223 g/mol. The molecule has 0 amide bonds. The maximum Gasteiger partial charge on any atom is 0.0698 e. The second-order valence-electron chi connectivity index (χ2n) is 5.16. The van der Waals surface area contributed by atoms with Crippen molar-refractivity contribution in [2.75, 3.05) is 32.8 Å². The molecule has 2 heterocycles. The quantitative estimate of drug-likeness (QED) is 0.773. The summed E-state index contributed by atoms with van der Waals surface area (Å²) in [6.45, 7) is 11.3. The summed E-state index contributed by atoms with van der Waals surface area (Å²) in [5.74, 6) is 0. The van der Waals surface area contributed by atoms with Crippen molar-refractivity contribution in [3.63, 3.8) is 0 Å². The van der Waals surface area contributed by atoms with Gasteiger partial charge >= 0.3 is 0 Å². The van der Waals surface area contributed by atoms with Crippen molar-refractivity contribution in [1.82, 2.24) is 14.7 Å². The molecule has 0 atom stereocenters. The Morgan fingerprint density at radius 2 is 2.06 bits per heavy atom. The van der Waals surface area contributed by atoms with Gasteiger partial charge < -0.3 is 4.74 Å². The molecule has 0 aromatic carbocycles. The van der Waals surface area contributed by atoms with Gasteiger partial charge in [0.05, 0.1) is 24.9 Å². The van der Waals surface area contributed by atoms with E-state index in [0.29, 0.717) is 0 Å². The van der Waals surface area contributed by atoms with Gasteiger partial charge in [0.1, 0.15) is 0 Å². The molecule has 1 aromatic heterocycles. The Balaban J connectivity index is 2.01. The molecule has 0 bridgehead atoms. The van der Waals surface area contributed by atoms with Crippen molar-refractivity contribution < 1.29 is 4.74 Å². The fourth-order valence-corrected chi connectivity index (χ4v) is 2.12. The van der Waals surface area contributed by atoms with Gasteiger partial charge in [-0.05, 0) is 26.3 Å². The minimum absolute atomic E-state index is 0.0472. The minimum Gasteiger partial charge on any atom is -0.379 e. The van der Waals surface area contributed by atoms with E-state index in [-0.39, 0.29) is 5.54 Å². The summed E-state index contributed by atoms with van der Waals surface area (Å²) < 4.78 is 7.43. The van der Waals surface area contributed by atoms with Crippen LogP contribution in [-0.4, -0.2) is 47.5 Å². The molecular formula is C12H21N3O. The summed E-state index contributed by atoms with van der Waals surface area (Å²) in [6, 6.07) is 0. The number of morpholine rings is 1. The van der Waals surface area contributed by atoms with E-state index in [2.05, 4.69) is 41.6 Å². The van der Waals surface area contributed by atoms with Crippen molar-refractivity contribution in [3.8, 4) is 0 Å². The highest BCUT2D eigenvalue weighted by molar-refractivity contribution is 5.02. The molecule has 1 aliphatic rings. The normalized spacial score (nSPS) is 18.9. The maximum absolute atomic E-state index is 5.36. The van der Waals surface area contributed by atoms with E-state index in [1.807, 2.05) is 6.20 Å². The van der Waals surface area contributed by atoms with Crippen LogP contribution < -0.4 is 0 Å². The third kappa shape index (κ3) is 2.62. The first-order valence-electron chi connectivity index (χ1n) is 5.90. The van der Waals surface area contributed by atoms with Crippen molar-refractivity contribution in [1.29, 1.82) is 0 Å². The lowest BCUT2D eigenvalue weighted by Crippen LogP contribution is -2.46. The van der Waals surface area contributed by atoms with Crippen LogP contribution in [0.15, 0.2) is 12.4 Å². The first kappa shape index (κ1) is 11.6. The van der Waals surface area contributed by atoms with Crippen LogP contribution in [0.1, 0.15) is 19.4 Å². The lowest BCUT2D eigenvalue weighted by Gasteiger charge is -2.35. The van der Waals surface area contributed by atoms with Gasteiger partial charge in [-0.2, -0.15) is 5.10 Å². The highest BCUT2D eigenvalue weighted by atomic mass is 16.5. The zero-order valence-electron chi connectivity index (χ0n) is 10.4. The van der Waals surface area contributed by atoms with E-state index in [4.69, 9.17) is 4.74 Å². The Morgan fingerprint density at radius 3 is 2.62 bits per heavy atom. The average Bonchev–Trinajstić information content (AvgIpc) is 2.66. The van der Waals surface area contributed by atoms with E-state index in [1.165, 1.54) is 5.56 Å². The van der Waals surface area contributed by atoms with Crippen molar-refractivity contribution in [3.05, 3.63) is 18.0 Å². The van der Waals surface area contributed by atoms with Crippen LogP contribution in [0, 0.1) is 6.92 Å². The highest BCUT2D eigenvalue weighted by Gasteiger charge is 2.25. The van der Waals surface area contributed by atoms with E-state index >= 15 is 0 Å². The van der Waals surface area contributed by atoms with E-state index < -0.39 is 0 Å². The van der Waals surface area contributed by atoms with Crippen LogP contribution in [0.4, 0.5) is 0 Å². The molecular weight excluding hydrogens is 202 g/mol. The van der Waals surface area contributed by atoms with Gasteiger partial charge in [-0.15, -0.1) is 0 Å². The molecule has 0 spiro atoms. The smallest absolute Gasteiger partial charge is 0.0698 e.